The van der Waals surface area contributed by atoms with Crippen molar-refractivity contribution in [1.82, 2.24) is 0 Å². The summed E-state index contributed by atoms with van der Waals surface area (Å²) in [6, 6.07) is 0. The average Bonchev–Trinajstić information content (AvgIpc) is 2.65. The Labute approximate surface area is 184 Å². The molecule has 0 amide bonds. The molecule has 0 saturated carbocycles. The Morgan fingerprint density at radius 2 is 1.03 bits per heavy atom. The van der Waals surface area contributed by atoms with E-state index in [-0.39, 0.29) is 12.1 Å². The van der Waals surface area contributed by atoms with Crippen molar-refractivity contribution >= 4 is 5.97 Å². The number of unbranched alkanes of at least 4 members (excludes halogenated alkanes) is 10. The standard InChI is InChI=1S/C27H54O2/c1-7-8-9-10-11-12-13-14-15-16-17-18-27(28)29-25(6)26(21-19-23(2)3)22-20-24(4)5/h23-26H,7-22H2,1-6H3/t25-/m1/s1. The first-order valence-electron chi connectivity index (χ1n) is 13.1. The van der Waals surface area contributed by atoms with E-state index in [0.29, 0.717) is 12.3 Å². The largest absolute Gasteiger partial charge is 0.462 e. The summed E-state index contributed by atoms with van der Waals surface area (Å²) in [6.07, 6.45) is 19.9. The zero-order chi connectivity index (χ0) is 21.9. The predicted molar refractivity (Wildman–Crippen MR) is 128 cm³/mol. The number of ether oxygens (including phenoxy) is 1. The van der Waals surface area contributed by atoms with Gasteiger partial charge in [0.25, 0.3) is 0 Å². The van der Waals surface area contributed by atoms with Gasteiger partial charge >= 0.3 is 5.97 Å². The first-order valence-corrected chi connectivity index (χ1v) is 13.1. The van der Waals surface area contributed by atoms with E-state index in [4.69, 9.17) is 4.74 Å². The van der Waals surface area contributed by atoms with Crippen molar-refractivity contribution in [2.24, 2.45) is 17.8 Å². The van der Waals surface area contributed by atoms with Gasteiger partial charge in [0.1, 0.15) is 6.10 Å². The molecule has 0 rings (SSSR count). The number of esters is 1. The van der Waals surface area contributed by atoms with Crippen molar-refractivity contribution in [1.29, 1.82) is 0 Å². The lowest BCUT2D eigenvalue weighted by Crippen LogP contribution is -2.25. The van der Waals surface area contributed by atoms with Crippen LogP contribution in [0.15, 0.2) is 0 Å². The van der Waals surface area contributed by atoms with Gasteiger partial charge in [-0.3, -0.25) is 4.79 Å². The Balaban J connectivity index is 3.85. The summed E-state index contributed by atoms with van der Waals surface area (Å²) in [4.78, 5) is 12.3. The van der Waals surface area contributed by atoms with Gasteiger partial charge in [0.15, 0.2) is 0 Å². The molecule has 0 aromatic heterocycles. The molecule has 174 valence electrons. The van der Waals surface area contributed by atoms with Crippen molar-refractivity contribution in [2.75, 3.05) is 0 Å². The molecule has 0 N–H and O–H groups in total. The van der Waals surface area contributed by atoms with E-state index in [2.05, 4.69) is 41.5 Å². The van der Waals surface area contributed by atoms with Gasteiger partial charge in [-0.15, -0.1) is 0 Å². The molecular formula is C27H54O2. The molecular weight excluding hydrogens is 356 g/mol. The predicted octanol–water partition coefficient (Wildman–Crippen LogP) is 9.11. The van der Waals surface area contributed by atoms with Gasteiger partial charge in [0.2, 0.25) is 0 Å². The molecule has 2 nitrogen and oxygen atoms in total. The number of rotatable bonds is 20. The molecule has 0 aromatic carbocycles. The molecule has 1 atom stereocenters. The first kappa shape index (κ1) is 28.5. The quantitative estimate of drug-likeness (QED) is 0.148. The Morgan fingerprint density at radius 3 is 1.45 bits per heavy atom. The van der Waals surface area contributed by atoms with E-state index in [9.17, 15) is 4.79 Å². The molecule has 2 heteroatoms. The minimum absolute atomic E-state index is 0.0209. The summed E-state index contributed by atoms with van der Waals surface area (Å²) in [5.74, 6) is 1.97. The number of hydrogen-bond acceptors (Lipinski definition) is 2. The number of carbonyl (C=O) groups is 1. The van der Waals surface area contributed by atoms with Crippen LogP contribution < -0.4 is 0 Å². The van der Waals surface area contributed by atoms with Crippen LogP contribution in [0.25, 0.3) is 0 Å². The highest BCUT2D eigenvalue weighted by Crippen LogP contribution is 2.25. The molecule has 0 bridgehead atoms. The smallest absolute Gasteiger partial charge is 0.306 e. The fourth-order valence-electron chi connectivity index (χ4n) is 4.00. The van der Waals surface area contributed by atoms with Crippen LogP contribution in [0.4, 0.5) is 0 Å². The molecule has 0 unspecified atom stereocenters. The van der Waals surface area contributed by atoms with Gasteiger partial charge in [-0.1, -0.05) is 112 Å². The van der Waals surface area contributed by atoms with Crippen LogP contribution in [-0.4, -0.2) is 12.1 Å². The third-order valence-electron chi connectivity index (χ3n) is 6.20. The minimum atomic E-state index is 0.0209. The third kappa shape index (κ3) is 19.2. The maximum absolute atomic E-state index is 12.3. The van der Waals surface area contributed by atoms with Crippen LogP contribution in [0.2, 0.25) is 0 Å². The highest BCUT2D eigenvalue weighted by molar-refractivity contribution is 5.69. The minimum Gasteiger partial charge on any atom is -0.462 e. The number of carbonyl (C=O) groups excluding carboxylic acids is 1. The lowest BCUT2D eigenvalue weighted by molar-refractivity contribution is -0.151. The summed E-state index contributed by atoms with van der Waals surface area (Å²) in [5.41, 5.74) is 0. The third-order valence-corrected chi connectivity index (χ3v) is 6.20. The van der Waals surface area contributed by atoms with Gasteiger partial charge in [0.05, 0.1) is 0 Å². The van der Waals surface area contributed by atoms with E-state index in [1.165, 1.54) is 89.9 Å². The number of hydrogen-bond donors (Lipinski definition) is 0. The summed E-state index contributed by atoms with van der Waals surface area (Å²) >= 11 is 0. The average molecular weight is 411 g/mol. The zero-order valence-corrected chi connectivity index (χ0v) is 20.9. The van der Waals surface area contributed by atoms with Gasteiger partial charge in [-0.25, -0.2) is 0 Å². The Kier molecular flexibility index (Phi) is 19.1. The van der Waals surface area contributed by atoms with Crippen LogP contribution in [-0.2, 0) is 9.53 Å². The molecule has 0 radical (unpaired) electrons. The lowest BCUT2D eigenvalue weighted by atomic mass is 9.88. The van der Waals surface area contributed by atoms with Crippen LogP contribution in [0.1, 0.15) is 144 Å². The topological polar surface area (TPSA) is 26.3 Å². The van der Waals surface area contributed by atoms with Crippen LogP contribution in [0.5, 0.6) is 0 Å². The first-order chi connectivity index (χ1) is 13.9. The maximum Gasteiger partial charge on any atom is 0.306 e. The van der Waals surface area contributed by atoms with E-state index in [1.54, 1.807) is 0 Å². The molecule has 0 heterocycles. The fraction of sp³-hybridized carbons (Fsp3) is 0.963. The van der Waals surface area contributed by atoms with Crippen LogP contribution in [0.3, 0.4) is 0 Å². The van der Waals surface area contributed by atoms with Crippen molar-refractivity contribution in [3.8, 4) is 0 Å². The monoisotopic (exact) mass is 410 g/mol. The summed E-state index contributed by atoms with van der Waals surface area (Å²) in [5, 5.41) is 0. The van der Waals surface area contributed by atoms with Crippen molar-refractivity contribution in [2.45, 2.75) is 150 Å². The maximum atomic E-state index is 12.3. The van der Waals surface area contributed by atoms with E-state index in [0.717, 1.165) is 18.3 Å². The normalized spacial score (nSPS) is 12.9. The van der Waals surface area contributed by atoms with Crippen molar-refractivity contribution in [3.63, 3.8) is 0 Å². The van der Waals surface area contributed by atoms with Crippen molar-refractivity contribution < 1.29 is 9.53 Å². The summed E-state index contributed by atoms with van der Waals surface area (Å²) in [7, 11) is 0. The highest BCUT2D eigenvalue weighted by atomic mass is 16.5. The van der Waals surface area contributed by atoms with Crippen LogP contribution >= 0.6 is 0 Å². The van der Waals surface area contributed by atoms with Crippen LogP contribution in [0, 0.1) is 17.8 Å². The molecule has 0 aliphatic heterocycles. The Bertz CT molecular complexity index is 350. The lowest BCUT2D eigenvalue weighted by Gasteiger charge is -2.25. The van der Waals surface area contributed by atoms with Gasteiger partial charge in [0, 0.05) is 6.42 Å². The van der Waals surface area contributed by atoms with E-state index in [1.807, 2.05) is 0 Å². The molecule has 0 aromatic rings. The van der Waals surface area contributed by atoms with Gasteiger partial charge in [-0.05, 0) is 43.9 Å². The molecule has 0 spiro atoms. The zero-order valence-electron chi connectivity index (χ0n) is 20.9. The summed E-state index contributed by atoms with van der Waals surface area (Å²) < 4.78 is 5.83. The second-order valence-corrected chi connectivity index (χ2v) is 10.2. The molecule has 29 heavy (non-hydrogen) atoms. The second-order valence-electron chi connectivity index (χ2n) is 10.2. The SMILES string of the molecule is CCCCCCCCCCCCCC(=O)O[C@H](C)C(CCC(C)C)CCC(C)C. The molecule has 0 saturated heterocycles. The summed E-state index contributed by atoms with van der Waals surface area (Å²) in [6.45, 7) is 13.5. The van der Waals surface area contributed by atoms with E-state index < -0.39 is 0 Å². The van der Waals surface area contributed by atoms with Crippen molar-refractivity contribution in [3.05, 3.63) is 0 Å². The fourth-order valence-corrected chi connectivity index (χ4v) is 4.00. The van der Waals surface area contributed by atoms with Gasteiger partial charge < -0.3 is 4.74 Å². The molecule has 0 aliphatic carbocycles. The Hall–Kier alpha value is -0.530. The molecule has 0 aliphatic rings. The Morgan fingerprint density at radius 1 is 0.621 bits per heavy atom. The molecule has 0 fully saturated rings. The second kappa shape index (κ2) is 19.4. The van der Waals surface area contributed by atoms with E-state index >= 15 is 0 Å². The highest BCUT2D eigenvalue weighted by Gasteiger charge is 2.21. The van der Waals surface area contributed by atoms with Gasteiger partial charge in [-0.2, -0.15) is 0 Å².